The molecule has 0 radical (unpaired) electrons. The smallest absolute Gasteiger partial charge is 0.225 e. The summed E-state index contributed by atoms with van der Waals surface area (Å²) in [7, 11) is 0. The Bertz CT molecular complexity index is 994. The third-order valence-electron chi connectivity index (χ3n) is 5.64. The molecule has 4 rings (SSSR count). The van der Waals surface area contributed by atoms with Crippen LogP contribution in [0.25, 0.3) is 21.3 Å². The van der Waals surface area contributed by atoms with E-state index in [0.29, 0.717) is 11.2 Å². The van der Waals surface area contributed by atoms with Crippen molar-refractivity contribution in [2.24, 2.45) is 0 Å². The lowest BCUT2D eigenvalue weighted by Crippen LogP contribution is -2.47. The van der Waals surface area contributed by atoms with Crippen LogP contribution in [0.5, 0.6) is 0 Å². The average molecular weight is 431 g/mol. The standard InChI is InChI=1S/C22H27ClN4OS/c1-14(2)16-4-6-17(7-5-16)18-15(3)29-21-19(18)20(24-22(23)25-21)27-10-8-26(9-11-27)12-13-28/h4-7,14,28H,8-13H2,1-3H3. The first-order valence-corrected chi connectivity index (χ1v) is 11.3. The molecule has 1 N–H and O–H groups in total. The molecule has 0 saturated carbocycles. The number of nitrogens with zero attached hydrogens (tertiary/aromatic N) is 4. The fourth-order valence-electron chi connectivity index (χ4n) is 4.00. The van der Waals surface area contributed by atoms with E-state index in [4.69, 9.17) is 11.6 Å². The van der Waals surface area contributed by atoms with Gasteiger partial charge in [0.05, 0.1) is 12.0 Å². The van der Waals surface area contributed by atoms with E-state index in [2.05, 4.69) is 64.8 Å². The predicted molar refractivity (Wildman–Crippen MR) is 122 cm³/mol. The Morgan fingerprint density at radius 1 is 1.10 bits per heavy atom. The van der Waals surface area contributed by atoms with E-state index >= 15 is 0 Å². The normalized spacial score (nSPS) is 15.6. The maximum absolute atomic E-state index is 9.21. The van der Waals surface area contributed by atoms with Crippen molar-refractivity contribution in [3.63, 3.8) is 0 Å². The van der Waals surface area contributed by atoms with Crippen LogP contribution in [0.4, 0.5) is 5.82 Å². The second-order valence-electron chi connectivity index (χ2n) is 7.86. The molecule has 1 aromatic carbocycles. The number of hydrogen-bond donors (Lipinski definition) is 1. The first-order valence-electron chi connectivity index (χ1n) is 10.1. The molecule has 29 heavy (non-hydrogen) atoms. The topological polar surface area (TPSA) is 52.5 Å². The second-order valence-corrected chi connectivity index (χ2v) is 9.40. The van der Waals surface area contributed by atoms with Crippen LogP contribution in [-0.2, 0) is 0 Å². The summed E-state index contributed by atoms with van der Waals surface area (Å²) in [5.41, 5.74) is 3.75. The largest absolute Gasteiger partial charge is 0.395 e. The Kier molecular flexibility index (Phi) is 6.06. The van der Waals surface area contributed by atoms with E-state index in [1.165, 1.54) is 21.6 Å². The number of piperazine rings is 1. The van der Waals surface area contributed by atoms with Crippen LogP contribution in [0.1, 0.15) is 30.2 Å². The lowest BCUT2D eigenvalue weighted by molar-refractivity contribution is 0.188. The Hall–Kier alpha value is -1.73. The molecule has 7 heteroatoms. The van der Waals surface area contributed by atoms with Crippen LogP contribution >= 0.6 is 22.9 Å². The molecule has 0 aliphatic carbocycles. The molecule has 1 aliphatic rings. The molecule has 0 spiro atoms. The second kappa shape index (κ2) is 8.56. The zero-order valence-electron chi connectivity index (χ0n) is 17.2. The minimum Gasteiger partial charge on any atom is -0.395 e. The lowest BCUT2D eigenvalue weighted by atomic mass is 9.97. The molecule has 0 bridgehead atoms. The summed E-state index contributed by atoms with van der Waals surface area (Å²) in [6.45, 7) is 11.0. The molecule has 1 aliphatic heterocycles. The number of aliphatic hydroxyl groups excluding tert-OH is 1. The van der Waals surface area contributed by atoms with Crippen molar-refractivity contribution >= 4 is 39.0 Å². The van der Waals surface area contributed by atoms with Crippen LogP contribution in [0, 0.1) is 6.92 Å². The zero-order chi connectivity index (χ0) is 20.5. The van der Waals surface area contributed by atoms with Crippen molar-refractivity contribution in [3.05, 3.63) is 40.0 Å². The lowest BCUT2D eigenvalue weighted by Gasteiger charge is -2.35. The molecule has 1 fully saturated rings. The number of aromatic nitrogens is 2. The van der Waals surface area contributed by atoms with Crippen LogP contribution in [-0.4, -0.2) is 59.3 Å². The van der Waals surface area contributed by atoms with Gasteiger partial charge in [0.15, 0.2) is 0 Å². The predicted octanol–water partition coefficient (Wildman–Crippen LogP) is 4.56. The first-order chi connectivity index (χ1) is 14.0. The Balaban J connectivity index is 1.77. The van der Waals surface area contributed by atoms with E-state index in [9.17, 15) is 5.11 Å². The quantitative estimate of drug-likeness (QED) is 0.601. The van der Waals surface area contributed by atoms with Crippen molar-refractivity contribution in [2.75, 3.05) is 44.2 Å². The number of hydrogen-bond acceptors (Lipinski definition) is 6. The molecule has 2 aromatic heterocycles. The van der Waals surface area contributed by atoms with Gasteiger partial charge in [-0.2, -0.15) is 4.98 Å². The van der Waals surface area contributed by atoms with Gasteiger partial charge >= 0.3 is 0 Å². The highest BCUT2D eigenvalue weighted by Crippen LogP contribution is 2.42. The summed E-state index contributed by atoms with van der Waals surface area (Å²) in [5.74, 6) is 1.44. The van der Waals surface area contributed by atoms with Gasteiger partial charge in [-0.1, -0.05) is 38.1 Å². The minimum absolute atomic E-state index is 0.198. The maximum atomic E-state index is 9.21. The molecule has 0 atom stereocenters. The fourth-order valence-corrected chi connectivity index (χ4v) is 5.26. The number of benzene rings is 1. The summed E-state index contributed by atoms with van der Waals surface area (Å²) in [6.07, 6.45) is 0. The fraction of sp³-hybridized carbons (Fsp3) is 0.455. The zero-order valence-corrected chi connectivity index (χ0v) is 18.7. The van der Waals surface area contributed by atoms with Gasteiger partial charge in [0, 0.05) is 43.2 Å². The molecule has 0 unspecified atom stereocenters. The maximum Gasteiger partial charge on any atom is 0.225 e. The number of thiophene rings is 1. The van der Waals surface area contributed by atoms with E-state index < -0.39 is 0 Å². The van der Waals surface area contributed by atoms with Gasteiger partial charge in [-0.25, -0.2) is 4.98 Å². The van der Waals surface area contributed by atoms with Gasteiger partial charge in [-0.05, 0) is 35.6 Å². The molecule has 1 saturated heterocycles. The summed E-state index contributed by atoms with van der Waals surface area (Å²) in [5, 5.41) is 10.6. The summed E-state index contributed by atoms with van der Waals surface area (Å²) in [6, 6.07) is 8.85. The summed E-state index contributed by atoms with van der Waals surface area (Å²) in [4.78, 5) is 16.0. The third kappa shape index (κ3) is 4.12. The van der Waals surface area contributed by atoms with Crippen molar-refractivity contribution in [2.45, 2.75) is 26.7 Å². The molecule has 5 nitrogen and oxygen atoms in total. The van der Waals surface area contributed by atoms with Crippen molar-refractivity contribution in [1.82, 2.24) is 14.9 Å². The minimum atomic E-state index is 0.198. The number of rotatable bonds is 5. The SMILES string of the molecule is Cc1sc2nc(Cl)nc(N3CCN(CCO)CC3)c2c1-c1ccc(C(C)C)cc1. The molecule has 0 amide bonds. The molecule has 154 valence electrons. The van der Waals surface area contributed by atoms with Crippen molar-refractivity contribution in [1.29, 1.82) is 0 Å². The highest BCUT2D eigenvalue weighted by atomic mass is 35.5. The number of β-amino-alcohol motifs (C(OH)–C–C–N with tert-alkyl or cyclic N) is 1. The van der Waals surface area contributed by atoms with Gasteiger partial charge in [0.2, 0.25) is 5.28 Å². The number of halogens is 1. The van der Waals surface area contributed by atoms with Crippen LogP contribution in [0.2, 0.25) is 5.28 Å². The molecule has 3 aromatic rings. The van der Waals surface area contributed by atoms with E-state index in [1.807, 2.05) is 0 Å². The Morgan fingerprint density at radius 3 is 2.41 bits per heavy atom. The highest BCUT2D eigenvalue weighted by Gasteiger charge is 2.24. The van der Waals surface area contributed by atoms with Gasteiger partial charge in [0.1, 0.15) is 10.6 Å². The number of aryl methyl sites for hydroxylation is 1. The monoisotopic (exact) mass is 430 g/mol. The summed E-state index contributed by atoms with van der Waals surface area (Å²) >= 11 is 7.98. The number of anilines is 1. The van der Waals surface area contributed by atoms with Gasteiger partial charge in [-0.15, -0.1) is 11.3 Å². The van der Waals surface area contributed by atoms with E-state index in [0.717, 1.165) is 48.8 Å². The summed E-state index contributed by atoms with van der Waals surface area (Å²) < 4.78 is 0. The Labute approximate surface area is 181 Å². The van der Waals surface area contributed by atoms with E-state index in [1.54, 1.807) is 11.3 Å². The van der Waals surface area contributed by atoms with Gasteiger partial charge < -0.3 is 10.0 Å². The molecular weight excluding hydrogens is 404 g/mol. The average Bonchev–Trinajstić information content (AvgIpc) is 3.03. The number of fused-ring (bicyclic) bond motifs is 1. The molecular formula is C22H27ClN4OS. The van der Waals surface area contributed by atoms with E-state index in [-0.39, 0.29) is 6.61 Å². The number of aliphatic hydroxyl groups is 1. The van der Waals surface area contributed by atoms with Crippen LogP contribution in [0.3, 0.4) is 0 Å². The van der Waals surface area contributed by atoms with Gasteiger partial charge in [-0.3, -0.25) is 4.90 Å². The van der Waals surface area contributed by atoms with Crippen LogP contribution < -0.4 is 4.90 Å². The highest BCUT2D eigenvalue weighted by molar-refractivity contribution is 7.19. The third-order valence-corrected chi connectivity index (χ3v) is 6.80. The molecule has 3 heterocycles. The van der Waals surface area contributed by atoms with Crippen molar-refractivity contribution < 1.29 is 5.11 Å². The van der Waals surface area contributed by atoms with Crippen molar-refractivity contribution in [3.8, 4) is 11.1 Å². The van der Waals surface area contributed by atoms with Gasteiger partial charge in [0.25, 0.3) is 0 Å². The van der Waals surface area contributed by atoms with Crippen LogP contribution in [0.15, 0.2) is 24.3 Å². The first kappa shape index (κ1) is 20.5. The Morgan fingerprint density at radius 2 is 1.79 bits per heavy atom.